The van der Waals surface area contributed by atoms with Crippen LogP contribution in [0.4, 0.5) is 0 Å². The van der Waals surface area contributed by atoms with Gasteiger partial charge in [-0.05, 0) is 17.7 Å². The first kappa shape index (κ1) is 15.5. The number of aliphatic hydroxyl groups is 1. The average Bonchev–Trinajstić information content (AvgIpc) is 2.85. The third kappa shape index (κ3) is 3.84. The summed E-state index contributed by atoms with van der Waals surface area (Å²) in [6, 6.07) is 7.89. The molecular formula is C14H19NO3S2. The van der Waals surface area contributed by atoms with E-state index in [-0.39, 0.29) is 17.9 Å². The SMILES string of the molecule is COc1cccc(C2SCC(=O)N2CCSCCO)c1. The molecule has 1 atom stereocenters. The molecule has 1 heterocycles. The van der Waals surface area contributed by atoms with E-state index < -0.39 is 0 Å². The lowest BCUT2D eigenvalue weighted by molar-refractivity contribution is -0.127. The Morgan fingerprint density at radius 1 is 1.50 bits per heavy atom. The van der Waals surface area contributed by atoms with E-state index in [2.05, 4.69) is 0 Å². The Kier molecular flexibility index (Phi) is 6.06. The maximum Gasteiger partial charge on any atom is 0.233 e. The number of rotatable bonds is 7. The number of thioether (sulfide) groups is 2. The van der Waals surface area contributed by atoms with Crippen LogP contribution in [0.15, 0.2) is 24.3 Å². The van der Waals surface area contributed by atoms with E-state index in [1.54, 1.807) is 30.6 Å². The number of hydrogen-bond acceptors (Lipinski definition) is 5. The number of carbonyl (C=O) groups is 1. The molecule has 1 aliphatic rings. The number of nitrogens with zero attached hydrogens (tertiary/aromatic N) is 1. The van der Waals surface area contributed by atoms with Crippen molar-refractivity contribution in [2.24, 2.45) is 0 Å². The molecule has 0 spiro atoms. The highest BCUT2D eigenvalue weighted by molar-refractivity contribution is 8.00. The van der Waals surface area contributed by atoms with Crippen LogP contribution in [0.2, 0.25) is 0 Å². The molecule has 1 unspecified atom stereocenters. The second-order valence-electron chi connectivity index (χ2n) is 4.36. The third-order valence-electron chi connectivity index (χ3n) is 3.06. The van der Waals surface area contributed by atoms with Gasteiger partial charge in [0.05, 0.1) is 19.5 Å². The Labute approximate surface area is 127 Å². The van der Waals surface area contributed by atoms with Gasteiger partial charge in [0, 0.05) is 18.1 Å². The van der Waals surface area contributed by atoms with E-state index in [0.717, 1.165) is 29.4 Å². The number of benzene rings is 1. The van der Waals surface area contributed by atoms with Crippen molar-refractivity contribution in [3.8, 4) is 5.75 Å². The van der Waals surface area contributed by atoms with Crippen LogP contribution in [-0.4, -0.2) is 53.4 Å². The average molecular weight is 313 g/mol. The van der Waals surface area contributed by atoms with E-state index in [4.69, 9.17) is 9.84 Å². The van der Waals surface area contributed by atoms with E-state index in [9.17, 15) is 4.79 Å². The molecule has 0 saturated carbocycles. The van der Waals surface area contributed by atoms with E-state index >= 15 is 0 Å². The normalized spacial score (nSPS) is 18.6. The lowest BCUT2D eigenvalue weighted by Gasteiger charge is -2.24. The summed E-state index contributed by atoms with van der Waals surface area (Å²) in [5.41, 5.74) is 1.10. The monoisotopic (exact) mass is 313 g/mol. The van der Waals surface area contributed by atoms with Crippen molar-refractivity contribution in [2.75, 3.05) is 37.5 Å². The number of carbonyl (C=O) groups excluding carboxylic acids is 1. The van der Waals surface area contributed by atoms with Gasteiger partial charge in [0.25, 0.3) is 0 Å². The summed E-state index contributed by atoms with van der Waals surface area (Å²) >= 11 is 3.33. The lowest BCUT2D eigenvalue weighted by Crippen LogP contribution is -2.30. The highest BCUT2D eigenvalue weighted by atomic mass is 32.2. The zero-order valence-corrected chi connectivity index (χ0v) is 13.1. The number of methoxy groups -OCH3 is 1. The minimum Gasteiger partial charge on any atom is -0.497 e. The van der Waals surface area contributed by atoms with Crippen molar-refractivity contribution in [3.05, 3.63) is 29.8 Å². The molecule has 0 radical (unpaired) electrons. The van der Waals surface area contributed by atoms with Crippen molar-refractivity contribution in [1.29, 1.82) is 0 Å². The minimum absolute atomic E-state index is 0.0762. The molecule has 1 saturated heterocycles. The molecule has 1 aliphatic heterocycles. The maximum absolute atomic E-state index is 12.0. The summed E-state index contributed by atoms with van der Waals surface area (Å²) in [7, 11) is 1.65. The predicted molar refractivity (Wildman–Crippen MR) is 84.3 cm³/mol. The van der Waals surface area contributed by atoms with Gasteiger partial charge in [0.2, 0.25) is 5.91 Å². The van der Waals surface area contributed by atoms with Crippen molar-refractivity contribution in [2.45, 2.75) is 5.37 Å². The number of hydrogen-bond donors (Lipinski definition) is 1. The van der Waals surface area contributed by atoms with Crippen molar-refractivity contribution >= 4 is 29.4 Å². The number of ether oxygens (including phenoxy) is 1. The first-order chi connectivity index (χ1) is 9.76. The summed E-state index contributed by atoms with van der Waals surface area (Å²) < 4.78 is 5.24. The molecule has 1 aromatic rings. The summed E-state index contributed by atoms with van der Waals surface area (Å²) in [6.07, 6.45) is 0. The Hall–Kier alpha value is -0.850. The minimum atomic E-state index is 0.0762. The molecule has 0 aliphatic carbocycles. The van der Waals surface area contributed by atoms with E-state index in [1.807, 2.05) is 29.2 Å². The van der Waals surface area contributed by atoms with Gasteiger partial charge in [-0.15, -0.1) is 11.8 Å². The van der Waals surface area contributed by atoms with Gasteiger partial charge in [0.1, 0.15) is 11.1 Å². The Balaban J connectivity index is 2.02. The van der Waals surface area contributed by atoms with Gasteiger partial charge in [-0.2, -0.15) is 11.8 Å². The molecule has 0 bridgehead atoms. The summed E-state index contributed by atoms with van der Waals surface area (Å²) in [5, 5.41) is 8.85. The van der Waals surface area contributed by atoms with Crippen LogP contribution in [-0.2, 0) is 4.79 Å². The van der Waals surface area contributed by atoms with Gasteiger partial charge in [0.15, 0.2) is 0 Å². The standard InChI is InChI=1S/C14H19NO3S2/c1-18-12-4-2-3-11(9-12)14-15(13(17)10-20-14)5-7-19-8-6-16/h2-4,9,14,16H,5-8,10H2,1H3. The third-order valence-corrected chi connectivity index (χ3v) is 5.26. The molecule has 1 aromatic carbocycles. The largest absolute Gasteiger partial charge is 0.497 e. The van der Waals surface area contributed by atoms with Gasteiger partial charge in [-0.25, -0.2) is 0 Å². The number of aliphatic hydroxyl groups excluding tert-OH is 1. The van der Waals surface area contributed by atoms with Crippen LogP contribution < -0.4 is 4.74 Å². The Morgan fingerprint density at radius 2 is 2.35 bits per heavy atom. The fourth-order valence-corrected chi connectivity index (χ4v) is 3.96. The van der Waals surface area contributed by atoms with Crippen molar-refractivity contribution < 1.29 is 14.6 Å². The second kappa shape index (κ2) is 7.81. The topological polar surface area (TPSA) is 49.8 Å². The molecule has 1 N–H and O–H groups in total. The molecule has 110 valence electrons. The van der Waals surface area contributed by atoms with E-state index in [0.29, 0.717) is 5.75 Å². The van der Waals surface area contributed by atoms with Gasteiger partial charge in [-0.3, -0.25) is 4.79 Å². The van der Waals surface area contributed by atoms with Crippen molar-refractivity contribution in [3.63, 3.8) is 0 Å². The highest BCUT2D eigenvalue weighted by Gasteiger charge is 2.32. The molecule has 2 rings (SSSR count). The molecule has 4 nitrogen and oxygen atoms in total. The van der Waals surface area contributed by atoms with Crippen molar-refractivity contribution in [1.82, 2.24) is 4.90 Å². The van der Waals surface area contributed by atoms with Crippen LogP contribution >= 0.6 is 23.5 Å². The fraction of sp³-hybridized carbons (Fsp3) is 0.500. The Morgan fingerprint density at radius 3 is 3.10 bits per heavy atom. The molecule has 20 heavy (non-hydrogen) atoms. The second-order valence-corrected chi connectivity index (χ2v) is 6.66. The molecule has 1 fully saturated rings. The Bertz CT molecular complexity index is 456. The maximum atomic E-state index is 12.0. The van der Waals surface area contributed by atoms with Crippen LogP contribution in [0.1, 0.15) is 10.9 Å². The first-order valence-electron chi connectivity index (χ1n) is 6.50. The number of amides is 1. The van der Waals surface area contributed by atoms with Gasteiger partial charge < -0.3 is 14.7 Å². The van der Waals surface area contributed by atoms with E-state index in [1.165, 1.54) is 0 Å². The summed E-state index contributed by atoms with van der Waals surface area (Å²) in [6.45, 7) is 0.908. The quantitative estimate of drug-likeness (QED) is 0.780. The van der Waals surface area contributed by atoms with Gasteiger partial charge in [-0.1, -0.05) is 12.1 Å². The van der Waals surface area contributed by atoms with Crippen LogP contribution in [0, 0.1) is 0 Å². The van der Waals surface area contributed by atoms with Crippen LogP contribution in [0.3, 0.4) is 0 Å². The summed E-state index contributed by atoms with van der Waals surface area (Å²) in [4.78, 5) is 13.9. The smallest absolute Gasteiger partial charge is 0.233 e. The predicted octanol–water partition coefficient (Wildman–Crippen LogP) is 1.99. The first-order valence-corrected chi connectivity index (χ1v) is 8.70. The molecule has 1 amide bonds. The lowest BCUT2D eigenvalue weighted by atomic mass is 10.2. The molecule has 0 aromatic heterocycles. The summed E-state index contributed by atoms with van der Waals surface area (Å²) in [5.74, 6) is 3.11. The van der Waals surface area contributed by atoms with Crippen LogP contribution in [0.5, 0.6) is 5.75 Å². The fourth-order valence-electron chi connectivity index (χ4n) is 2.10. The zero-order chi connectivity index (χ0) is 14.4. The highest BCUT2D eigenvalue weighted by Crippen LogP contribution is 2.39. The van der Waals surface area contributed by atoms with Gasteiger partial charge >= 0.3 is 0 Å². The van der Waals surface area contributed by atoms with Crippen LogP contribution in [0.25, 0.3) is 0 Å². The zero-order valence-electron chi connectivity index (χ0n) is 11.4. The molecular weight excluding hydrogens is 294 g/mol. The molecule has 6 heteroatoms.